The molecule has 2 atom stereocenters. The van der Waals surface area contributed by atoms with E-state index in [-0.39, 0.29) is 68.8 Å². The summed E-state index contributed by atoms with van der Waals surface area (Å²) in [7, 11) is 0. The second kappa shape index (κ2) is 18.6. The average molecular weight is 615 g/mol. The van der Waals surface area contributed by atoms with Gasteiger partial charge in [-0.25, -0.2) is 0 Å². The van der Waals surface area contributed by atoms with Crippen molar-refractivity contribution in [3.63, 3.8) is 0 Å². The van der Waals surface area contributed by atoms with Gasteiger partial charge >= 0.3 is 6.18 Å². The quantitative estimate of drug-likeness (QED) is 0.139. The fourth-order valence-electron chi connectivity index (χ4n) is 3.30. The molecule has 0 heterocycles. The molecule has 220 valence electrons. The number of aryl methyl sites for hydroxylation is 1. The Balaban J connectivity index is 0. The first kappa shape index (κ1) is 38.5. The molecule has 39 heavy (non-hydrogen) atoms. The number of benzene rings is 2. The molecule has 2 aromatic rings. The molecule has 0 saturated heterocycles. The maximum Gasteiger partial charge on any atom is 0.416 e. The SMILES string of the molecule is NCC(CN)NC(=O)C[C@H](N)C(=O)N[C@@H](CCc1ccccc1)C(=O)Nc1cccc(C(F)(F)F)c1.[Cl-].[Cl-].[Cl-]. The predicted octanol–water partition coefficient (Wildman–Crippen LogP) is -8.11. The standard InChI is InChI=1S/C24H31F3N6O3.3ClH/c25-24(26,27)16-7-4-8-17(11-16)32-23(36)20(10-9-15-5-2-1-3-6-15)33-22(35)19(30)12-21(34)31-18(13-28)14-29;;;/h1-8,11,18-20H,9-10,12-14,28-30H2,(H,31,34)(H,32,36)(H,33,35);3*1H/p-3/t19-,20-;;;/m0.../s1. The Kier molecular flexibility index (Phi) is 18.4. The number of anilines is 1. The van der Waals surface area contributed by atoms with E-state index in [0.717, 1.165) is 17.7 Å². The minimum atomic E-state index is -4.58. The summed E-state index contributed by atoms with van der Waals surface area (Å²) in [5.74, 6) is -2.02. The first-order valence-electron chi connectivity index (χ1n) is 11.3. The molecule has 0 fully saturated rings. The van der Waals surface area contributed by atoms with Crippen LogP contribution in [0, 0.1) is 0 Å². The van der Waals surface area contributed by atoms with Gasteiger partial charge < -0.3 is 70.4 Å². The number of nitrogens with one attached hydrogen (secondary N) is 3. The van der Waals surface area contributed by atoms with Gasteiger partial charge in [0.15, 0.2) is 0 Å². The number of nitrogens with two attached hydrogens (primary N) is 3. The first-order valence-corrected chi connectivity index (χ1v) is 11.3. The molecule has 0 aliphatic carbocycles. The summed E-state index contributed by atoms with van der Waals surface area (Å²) in [6.45, 7) is 0.224. The fourth-order valence-corrected chi connectivity index (χ4v) is 3.30. The molecule has 2 aromatic carbocycles. The van der Waals surface area contributed by atoms with Gasteiger partial charge in [0, 0.05) is 18.8 Å². The first-order chi connectivity index (χ1) is 17.0. The van der Waals surface area contributed by atoms with Crippen molar-refractivity contribution in [1.29, 1.82) is 0 Å². The number of hydrogen-bond donors (Lipinski definition) is 6. The van der Waals surface area contributed by atoms with Crippen LogP contribution in [0.1, 0.15) is 24.0 Å². The van der Waals surface area contributed by atoms with Gasteiger partial charge in [0.1, 0.15) is 6.04 Å². The Labute approximate surface area is 243 Å². The third-order valence-corrected chi connectivity index (χ3v) is 5.33. The van der Waals surface area contributed by atoms with Crippen LogP contribution in [-0.2, 0) is 27.0 Å². The molecule has 0 saturated carbocycles. The van der Waals surface area contributed by atoms with E-state index in [0.29, 0.717) is 6.42 Å². The zero-order valence-corrected chi connectivity index (χ0v) is 23.0. The Bertz CT molecular complexity index is 1030. The van der Waals surface area contributed by atoms with Gasteiger partial charge in [-0.3, -0.25) is 14.4 Å². The van der Waals surface area contributed by atoms with Crippen molar-refractivity contribution in [2.75, 3.05) is 18.4 Å². The molecule has 0 unspecified atom stereocenters. The van der Waals surface area contributed by atoms with Crippen molar-refractivity contribution < 1.29 is 64.8 Å². The van der Waals surface area contributed by atoms with Crippen LogP contribution in [0.25, 0.3) is 0 Å². The lowest BCUT2D eigenvalue weighted by atomic mass is 10.0. The maximum atomic E-state index is 13.0. The molecule has 3 amide bonds. The number of hydrogen-bond acceptors (Lipinski definition) is 6. The number of rotatable bonds is 12. The molecule has 0 bridgehead atoms. The fraction of sp³-hybridized carbons (Fsp3) is 0.375. The summed E-state index contributed by atoms with van der Waals surface area (Å²) < 4.78 is 39.1. The number of halogens is 6. The van der Waals surface area contributed by atoms with Crippen molar-refractivity contribution in [2.24, 2.45) is 17.2 Å². The molecule has 2 rings (SSSR count). The van der Waals surface area contributed by atoms with E-state index in [1.807, 2.05) is 30.3 Å². The topological polar surface area (TPSA) is 165 Å². The number of carbonyl (C=O) groups is 3. The van der Waals surface area contributed by atoms with Crippen molar-refractivity contribution >= 4 is 23.4 Å². The zero-order chi connectivity index (χ0) is 26.7. The van der Waals surface area contributed by atoms with Gasteiger partial charge in [-0.2, -0.15) is 13.2 Å². The van der Waals surface area contributed by atoms with E-state index >= 15 is 0 Å². The van der Waals surface area contributed by atoms with Gasteiger partial charge in [-0.05, 0) is 36.6 Å². The van der Waals surface area contributed by atoms with Gasteiger partial charge in [0.2, 0.25) is 17.7 Å². The summed E-state index contributed by atoms with van der Waals surface area (Å²) in [4.78, 5) is 37.7. The van der Waals surface area contributed by atoms with Crippen LogP contribution in [-0.4, -0.2) is 48.9 Å². The Morgan fingerprint density at radius 1 is 0.846 bits per heavy atom. The average Bonchev–Trinajstić information content (AvgIpc) is 2.85. The number of amides is 3. The van der Waals surface area contributed by atoms with Gasteiger partial charge in [0.05, 0.1) is 24.1 Å². The van der Waals surface area contributed by atoms with Gasteiger partial charge in [-0.1, -0.05) is 36.4 Å². The van der Waals surface area contributed by atoms with Crippen molar-refractivity contribution in [1.82, 2.24) is 10.6 Å². The van der Waals surface area contributed by atoms with E-state index < -0.39 is 47.6 Å². The third-order valence-electron chi connectivity index (χ3n) is 5.33. The Morgan fingerprint density at radius 2 is 1.46 bits per heavy atom. The zero-order valence-electron chi connectivity index (χ0n) is 20.7. The van der Waals surface area contributed by atoms with Crippen molar-refractivity contribution in [2.45, 2.75) is 43.6 Å². The summed E-state index contributed by atoms with van der Waals surface area (Å²) in [6.07, 6.45) is -4.42. The molecular weight excluding hydrogens is 584 g/mol. The second-order valence-corrected chi connectivity index (χ2v) is 8.20. The van der Waals surface area contributed by atoms with Crippen LogP contribution in [0.15, 0.2) is 54.6 Å². The predicted molar refractivity (Wildman–Crippen MR) is 129 cm³/mol. The summed E-state index contributed by atoms with van der Waals surface area (Å²) in [5.41, 5.74) is 16.7. The molecule has 0 aliphatic heterocycles. The summed E-state index contributed by atoms with van der Waals surface area (Å²) in [6, 6.07) is 10.4. The van der Waals surface area contributed by atoms with E-state index in [1.54, 1.807) is 0 Å². The smallest absolute Gasteiger partial charge is 0.416 e. The van der Waals surface area contributed by atoms with Crippen LogP contribution in [0.4, 0.5) is 18.9 Å². The third kappa shape index (κ3) is 13.3. The molecule has 9 N–H and O–H groups in total. The lowest BCUT2D eigenvalue weighted by molar-refractivity contribution is -0.137. The molecule has 0 aromatic heterocycles. The highest BCUT2D eigenvalue weighted by Crippen LogP contribution is 2.30. The highest BCUT2D eigenvalue weighted by atomic mass is 35.5. The normalized spacial score (nSPS) is 12.1. The molecule has 15 heteroatoms. The van der Waals surface area contributed by atoms with E-state index in [2.05, 4.69) is 16.0 Å². The van der Waals surface area contributed by atoms with Crippen LogP contribution in [0.2, 0.25) is 0 Å². The second-order valence-electron chi connectivity index (χ2n) is 8.20. The summed E-state index contributed by atoms with van der Waals surface area (Å²) in [5, 5.41) is 7.48. The highest BCUT2D eigenvalue weighted by molar-refractivity contribution is 5.98. The van der Waals surface area contributed by atoms with Gasteiger partial charge in [-0.15, -0.1) is 0 Å². The maximum absolute atomic E-state index is 13.0. The van der Waals surface area contributed by atoms with Crippen molar-refractivity contribution in [3.8, 4) is 0 Å². The van der Waals surface area contributed by atoms with Crippen LogP contribution >= 0.6 is 0 Å². The highest BCUT2D eigenvalue weighted by Gasteiger charge is 2.31. The largest absolute Gasteiger partial charge is 1.00 e. The lowest BCUT2D eigenvalue weighted by Crippen LogP contribution is -3.00. The van der Waals surface area contributed by atoms with Crippen LogP contribution < -0.4 is 70.4 Å². The summed E-state index contributed by atoms with van der Waals surface area (Å²) >= 11 is 0. The molecule has 9 nitrogen and oxygen atoms in total. The minimum absolute atomic E-state index is 0. The van der Waals surface area contributed by atoms with E-state index in [4.69, 9.17) is 17.2 Å². The molecule has 0 aliphatic rings. The molecule has 0 radical (unpaired) electrons. The number of alkyl halides is 3. The number of carbonyl (C=O) groups excluding carboxylic acids is 3. The molecular formula is C24H31Cl3F3N6O3-3. The van der Waals surface area contributed by atoms with E-state index in [1.165, 1.54) is 12.1 Å². The van der Waals surface area contributed by atoms with Crippen molar-refractivity contribution in [3.05, 3.63) is 65.7 Å². The van der Waals surface area contributed by atoms with E-state index in [9.17, 15) is 27.6 Å². The van der Waals surface area contributed by atoms with Crippen LogP contribution in [0.5, 0.6) is 0 Å². The minimum Gasteiger partial charge on any atom is -1.00 e. The Morgan fingerprint density at radius 3 is 2.03 bits per heavy atom. The van der Waals surface area contributed by atoms with Gasteiger partial charge in [0.25, 0.3) is 0 Å². The monoisotopic (exact) mass is 613 g/mol. The Hall–Kier alpha value is -2.61. The molecule has 0 spiro atoms. The lowest BCUT2D eigenvalue weighted by Gasteiger charge is -2.22. The van der Waals surface area contributed by atoms with Crippen LogP contribution in [0.3, 0.4) is 0 Å².